The molecule has 0 radical (unpaired) electrons. The molecule has 2 aromatic carbocycles. The van der Waals surface area contributed by atoms with Crippen LogP contribution in [-0.4, -0.2) is 38.2 Å². The molecule has 1 amide bonds. The largest absolute Gasteiger partial charge is 0.449 e. The molecule has 0 aliphatic heterocycles. The number of aromatic nitrogens is 4. The maximum Gasteiger partial charge on any atom is 0.338 e. The van der Waals surface area contributed by atoms with Gasteiger partial charge in [-0.25, -0.2) is 9.48 Å². The Morgan fingerprint density at radius 3 is 2.56 bits per heavy atom. The van der Waals surface area contributed by atoms with Gasteiger partial charge in [0.1, 0.15) is 6.33 Å². The highest BCUT2D eigenvalue weighted by atomic mass is 35.5. The second kappa shape index (κ2) is 8.15. The fourth-order valence-corrected chi connectivity index (χ4v) is 2.49. The van der Waals surface area contributed by atoms with Crippen molar-refractivity contribution >= 4 is 40.8 Å². The third-order valence-electron chi connectivity index (χ3n) is 3.58. The summed E-state index contributed by atoms with van der Waals surface area (Å²) in [6.45, 7) is 1.46. The van der Waals surface area contributed by atoms with Crippen LogP contribution in [0.4, 0.5) is 5.69 Å². The quantitative estimate of drug-likeness (QED) is 0.654. The van der Waals surface area contributed by atoms with Crippen molar-refractivity contribution in [2.24, 2.45) is 0 Å². The molecule has 1 N–H and O–H groups in total. The maximum atomic E-state index is 12.2. The second-order valence-electron chi connectivity index (χ2n) is 5.44. The van der Waals surface area contributed by atoms with Crippen LogP contribution < -0.4 is 5.32 Å². The highest BCUT2D eigenvalue weighted by Gasteiger charge is 2.20. The first kappa shape index (κ1) is 18.8. The van der Waals surface area contributed by atoms with Crippen molar-refractivity contribution < 1.29 is 14.3 Å². The summed E-state index contributed by atoms with van der Waals surface area (Å²) < 4.78 is 6.64. The van der Waals surface area contributed by atoms with Gasteiger partial charge in [-0.1, -0.05) is 29.3 Å². The average molecular weight is 406 g/mol. The van der Waals surface area contributed by atoms with Crippen molar-refractivity contribution in [2.45, 2.75) is 13.0 Å². The summed E-state index contributed by atoms with van der Waals surface area (Å²) >= 11 is 11.9. The smallest absolute Gasteiger partial charge is 0.338 e. The minimum Gasteiger partial charge on any atom is -0.449 e. The van der Waals surface area contributed by atoms with Gasteiger partial charge < -0.3 is 10.1 Å². The molecule has 0 spiro atoms. The summed E-state index contributed by atoms with van der Waals surface area (Å²) in [5.41, 5.74) is 1.30. The number of benzene rings is 2. The molecule has 10 heteroatoms. The zero-order valence-corrected chi connectivity index (χ0v) is 15.5. The number of hydrogen-bond acceptors (Lipinski definition) is 6. The zero-order chi connectivity index (χ0) is 19.4. The second-order valence-corrected chi connectivity index (χ2v) is 6.22. The van der Waals surface area contributed by atoms with E-state index >= 15 is 0 Å². The lowest BCUT2D eigenvalue weighted by Gasteiger charge is -2.14. The molecule has 0 aliphatic carbocycles. The number of rotatable bonds is 5. The highest BCUT2D eigenvalue weighted by molar-refractivity contribution is 6.44. The first-order chi connectivity index (χ1) is 13.0. The van der Waals surface area contributed by atoms with E-state index < -0.39 is 18.0 Å². The molecule has 1 aromatic heterocycles. The molecule has 1 atom stereocenters. The number of ether oxygens (including phenoxy) is 1. The Balaban J connectivity index is 1.63. The van der Waals surface area contributed by atoms with Crippen LogP contribution in [0.15, 0.2) is 48.8 Å². The first-order valence-electron chi connectivity index (χ1n) is 7.75. The van der Waals surface area contributed by atoms with Gasteiger partial charge in [-0.2, -0.15) is 0 Å². The number of hydrogen-bond donors (Lipinski definition) is 1. The molecule has 8 nitrogen and oxygen atoms in total. The highest BCUT2D eigenvalue weighted by Crippen LogP contribution is 2.29. The van der Waals surface area contributed by atoms with E-state index in [0.29, 0.717) is 16.4 Å². The van der Waals surface area contributed by atoms with Crippen molar-refractivity contribution in [3.8, 4) is 5.69 Å². The molecule has 138 valence electrons. The maximum absolute atomic E-state index is 12.2. The fraction of sp³-hybridized carbons (Fsp3) is 0.118. The lowest BCUT2D eigenvalue weighted by molar-refractivity contribution is -0.123. The molecular weight excluding hydrogens is 393 g/mol. The summed E-state index contributed by atoms with van der Waals surface area (Å²) in [7, 11) is 0. The molecule has 1 heterocycles. The Labute approximate surface area is 164 Å². The number of halogens is 2. The van der Waals surface area contributed by atoms with E-state index in [1.54, 1.807) is 42.5 Å². The Kier molecular flexibility index (Phi) is 5.68. The van der Waals surface area contributed by atoms with E-state index in [-0.39, 0.29) is 10.6 Å². The van der Waals surface area contributed by atoms with E-state index in [4.69, 9.17) is 27.9 Å². The van der Waals surface area contributed by atoms with E-state index in [0.717, 1.165) is 0 Å². The van der Waals surface area contributed by atoms with Gasteiger partial charge in [-0.3, -0.25) is 4.79 Å². The Hall–Kier alpha value is -2.97. The number of amides is 1. The predicted octanol–water partition coefficient (Wildman–Crippen LogP) is 3.15. The lowest BCUT2D eigenvalue weighted by Crippen LogP contribution is -2.30. The van der Waals surface area contributed by atoms with Gasteiger partial charge in [0.15, 0.2) is 6.10 Å². The first-order valence-corrected chi connectivity index (χ1v) is 8.50. The van der Waals surface area contributed by atoms with Gasteiger partial charge in [0.2, 0.25) is 0 Å². The summed E-state index contributed by atoms with van der Waals surface area (Å²) in [6, 6.07) is 11.3. The summed E-state index contributed by atoms with van der Waals surface area (Å²) in [5.74, 6) is -1.17. The van der Waals surface area contributed by atoms with E-state index in [1.165, 1.54) is 17.9 Å². The molecular formula is C17H13Cl2N5O3. The molecule has 0 bridgehead atoms. The van der Waals surface area contributed by atoms with E-state index in [2.05, 4.69) is 20.8 Å². The number of anilines is 1. The van der Waals surface area contributed by atoms with Crippen molar-refractivity contribution in [2.75, 3.05) is 5.32 Å². The monoisotopic (exact) mass is 405 g/mol. The number of tetrazole rings is 1. The number of nitrogens with zero attached hydrogens (tertiary/aromatic N) is 4. The van der Waals surface area contributed by atoms with Gasteiger partial charge in [0.05, 0.1) is 27.0 Å². The van der Waals surface area contributed by atoms with Crippen LogP contribution in [0.5, 0.6) is 0 Å². The van der Waals surface area contributed by atoms with Gasteiger partial charge >= 0.3 is 5.97 Å². The van der Waals surface area contributed by atoms with Gasteiger partial charge in [0.25, 0.3) is 5.91 Å². The third kappa shape index (κ3) is 4.42. The van der Waals surface area contributed by atoms with E-state index in [9.17, 15) is 9.59 Å². The molecule has 0 unspecified atom stereocenters. The van der Waals surface area contributed by atoms with Crippen LogP contribution in [0.25, 0.3) is 5.69 Å². The number of carbonyl (C=O) groups excluding carboxylic acids is 2. The van der Waals surface area contributed by atoms with Crippen LogP contribution in [-0.2, 0) is 9.53 Å². The van der Waals surface area contributed by atoms with Crippen molar-refractivity contribution in [1.82, 2.24) is 20.2 Å². The Bertz CT molecular complexity index is 961. The van der Waals surface area contributed by atoms with Crippen molar-refractivity contribution in [3.05, 3.63) is 64.4 Å². The van der Waals surface area contributed by atoms with Gasteiger partial charge in [-0.15, -0.1) is 5.10 Å². The number of carbonyl (C=O) groups is 2. The van der Waals surface area contributed by atoms with Crippen LogP contribution >= 0.6 is 23.2 Å². The van der Waals surface area contributed by atoms with Crippen LogP contribution in [0.2, 0.25) is 10.0 Å². The van der Waals surface area contributed by atoms with Crippen LogP contribution in [0, 0.1) is 0 Å². The topological polar surface area (TPSA) is 99.0 Å². The Morgan fingerprint density at radius 1 is 1.15 bits per heavy atom. The van der Waals surface area contributed by atoms with Crippen molar-refractivity contribution in [3.63, 3.8) is 0 Å². The molecule has 0 aliphatic rings. The normalized spacial score (nSPS) is 11.7. The molecule has 0 fully saturated rings. The summed E-state index contributed by atoms with van der Waals surface area (Å²) in [6.07, 6.45) is 0.396. The molecule has 0 saturated heterocycles. The summed E-state index contributed by atoms with van der Waals surface area (Å²) in [4.78, 5) is 24.5. The minimum absolute atomic E-state index is 0.212. The van der Waals surface area contributed by atoms with E-state index in [1.807, 2.05) is 0 Å². The summed E-state index contributed by atoms with van der Waals surface area (Å²) in [5, 5.41) is 13.9. The van der Waals surface area contributed by atoms with Gasteiger partial charge in [0, 0.05) is 0 Å². The molecule has 3 aromatic rings. The fourth-order valence-electron chi connectivity index (χ4n) is 2.15. The van der Waals surface area contributed by atoms with Crippen molar-refractivity contribution in [1.29, 1.82) is 0 Å². The zero-order valence-electron chi connectivity index (χ0n) is 14.0. The number of nitrogens with one attached hydrogen (secondary N) is 1. The predicted molar refractivity (Wildman–Crippen MR) is 99.1 cm³/mol. The third-order valence-corrected chi connectivity index (χ3v) is 4.40. The lowest BCUT2D eigenvalue weighted by atomic mass is 10.2. The van der Waals surface area contributed by atoms with Crippen LogP contribution in [0.3, 0.4) is 0 Å². The minimum atomic E-state index is -1.04. The van der Waals surface area contributed by atoms with Crippen LogP contribution in [0.1, 0.15) is 17.3 Å². The standard InChI is InChI=1S/C17H13Cl2N5O3/c1-10(16(25)21-14-4-2-3-13(18)15(14)19)27-17(26)11-5-7-12(8-6-11)24-9-20-22-23-24/h2-10H,1H3,(H,21,25)/t10-/m0/s1. The number of esters is 1. The SMILES string of the molecule is C[C@H](OC(=O)c1ccc(-n2cnnn2)cc1)C(=O)Nc1cccc(Cl)c1Cl. The van der Waals surface area contributed by atoms with Gasteiger partial charge in [-0.05, 0) is 53.7 Å². The molecule has 0 saturated carbocycles. The molecule has 3 rings (SSSR count). The molecule has 27 heavy (non-hydrogen) atoms. The average Bonchev–Trinajstić information content (AvgIpc) is 3.20. The Morgan fingerprint density at radius 2 is 1.89 bits per heavy atom.